The maximum absolute atomic E-state index is 8.55. The summed E-state index contributed by atoms with van der Waals surface area (Å²) < 4.78 is 8.55. The minimum Gasteiger partial charge on any atom is -0.822 e. The van der Waals surface area contributed by atoms with Crippen LogP contribution in [0.1, 0.15) is 5.56 Å². The van der Waals surface area contributed by atoms with Gasteiger partial charge in [-0.2, -0.15) is 7.82 Å². The van der Waals surface area contributed by atoms with Crippen LogP contribution in [0.3, 0.4) is 0 Å². The van der Waals surface area contributed by atoms with E-state index in [0.29, 0.717) is 0 Å². The van der Waals surface area contributed by atoms with Gasteiger partial charge < -0.3 is 19.2 Å². The van der Waals surface area contributed by atoms with Crippen molar-refractivity contribution in [1.29, 1.82) is 0 Å². The summed E-state index contributed by atoms with van der Waals surface area (Å²) in [6.07, 6.45) is 2.89. The average Bonchev–Trinajstić information content (AvgIpc) is 2.03. The van der Waals surface area contributed by atoms with Gasteiger partial charge in [-0.15, -0.1) is 6.58 Å². The smallest absolute Gasteiger partial charge is 0.822 e. The van der Waals surface area contributed by atoms with E-state index in [1.165, 1.54) is 5.56 Å². The third-order valence-electron chi connectivity index (χ3n) is 1.22. The zero-order chi connectivity index (χ0) is 11.0. The molecule has 0 spiro atoms. The predicted octanol–water partition coefficient (Wildman–Crippen LogP) is -9.40. The second-order valence-electron chi connectivity index (χ2n) is 2.43. The van der Waals surface area contributed by atoms with Gasteiger partial charge in [-0.25, -0.2) is 0 Å². The number of hydrogen-bond donors (Lipinski definition) is 0. The van der Waals surface area contributed by atoms with Crippen molar-refractivity contribution >= 4 is 7.82 Å². The first-order valence-corrected chi connectivity index (χ1v) is 5.27. The normalized spacial score (nSPS) is 8.18. The molecule has 0 saturated heterocycles. The van der Waals surface area contributed by atoms with Crippen LogP contribution in [0.4, 0.5) is 0 Å². The maximum atomic E-state index is 8.55. The van der Waals surface area contributed by atoms with Crippen molar-refractivity contribution in [2.24, 2.45) is 0 Å². The van der Waals surface area contributed by atoms with Crippen LogP contribution in [0, 0.1) is 0 Å². The first-order chi connectivity index (χ1) is 6.43. The van der Waals surface area contributed by atoms with Crippen LogP contribution in [0.15, 0.2) is 43.0 Å². The fraction of sp³-hybridized carbons (Fsp3) is 0.111. The Morgan fingerprint density at radius 1 is 1.06 bits per heavy atom. The van der Waals surface area contributed by atoms with Crippen LogP contribution in [-0.4, -0.2) is 0 Å². The molecule has 78 valence electrons. The summed E-state index contributed by atoms with van der Waals surface area (Å²) in [5.74, 6) is 0. The Bertz CT molecular complexity index is 307. The Kier molecular flexibility index (Phi) is 26.0. The van der Waals surface area contributed by atoms with Crippen LogP contribution in [0.2, 0.25) is 0 Å². The third-order valence-corrected chi connectivity index (χ3v) is 1.22. The SMILES string of the molecule is C=CCc1ccccc1.O=P([O-])([O-])[O-].[Na+].[Na+].[Na+]. The van der Waals surface area contributed by atoms with E-state index in [9.17, 15) is 0 Å². The molecule has 0 aliphatic carbocycles. The van der Waals surface area contributed by atoms with E-state index in [1.54, 1.807) is 0 Å². The van der Waals surface area contributed by atoms with E-state index in [-0.39, 0.29) is 88.7 Å². The molecule has 0 aromatic heterocycles. The van der Waals surface area contributed by atoms with Gasteiger partial charge in [0.15, 0.2) is 0 Å². The zero-order valence-corrected chi connectivity index (χ0v) is 17.4. The van der Waals surface area contributed by atoms with Gasteiger partial charge in [-0.1, -0.05) is 36.4 Å². The topological polar surface area (TPSA) is 86.2 Å². The molecule has 0 unspecified atom stereocenters. The van der Waals surface area contributed by atoms with Crippen molar-refractivity contribution in [1.82, 2.24) is 0 Å². The second kappa shape index (κ2) is 16.1. The molecule has 0 aliphatic rings. The van der Waals surface area contributed by atoms with Crippen molar-refractivity contribution in [2.45, 2.75) is 6.42 Å². The number of phosphoric acid groups is 1. The van der Waals surface area contributed by atoms with E-state index in [0.717, 1.165) is 6.42 Å². The van der Waals surface area contributed by atoms with Gasteiger partial charge in [-0.3, -0.25) is 0 Å². The van der Waals surface area contributed by atoms with Gasteiger partial charge in [0.2, 0.25) is 0 Å². The molecule has 0 N–H and O–H groups in total. The fourth-order valence-corrected chi connectivity index (χ4v) is 0.781. The molecule has 0 radical (unpaired) electrons. The summed E-state index contributed by atoms with van der Waals surface area (Å²) in [7, 11) is -5.39. The minimum atomic E-state index is -5.39. The quantitative estimate of drug-likeness (QED) is 0.306. The molecule has 0 amide bonds. The maximum Gasteiger partial charge on any atom is 1.00 e. The first-order valence-electron chi connectivity index (χ1n) is 3.81. The molecule has 1 aromatic carbocycles. The molecule has 1 aromatic rings. The van der Waals surface area contributed by atoms with Crippen LogP contribution < -0.4 is 103 Å². The van der Waals surface area contributed by atoms with Crippen LogP contribution in [0.25, 0.3) is 0 Å². The minimum absolute atomic E-state index is 0. The summed E-state index contributed by atoms with van der Waals surface area (Å²) in [5, 5.41) is 0. The fourth-order valence-electron chi connectivity index (χ4n) is 0.781. The van der Waals surface area contributed by atoms with E-state index in [2.05, 4.69) is 18.7 Å². The summed E-state index contributed by atoms with van der Waals surface area (Å²) in [6.45, 7) is 3.66. The number of hydrogen-bond acceptors (Lipinski definition) is 4. The Hall–Kier alpha value is 2.07. The summed E-state index contributed by atoms with van der Waals surface area (Å²) in [4.78, 5) is 25.6. The van der Waals surface area contributed by atoms with Crippen molar-refractivity contribution in [2.75, 3.05) is 0 Å². The van der Waals surface area contributed by atoms with Crippen LogP contribution in [0.5, 0.6) is 0 Å². The molecule has 1 rings (SSSR count). The van der Waals surface area contributed by atoms with E-state index < -0.39 is 7.82 Å². The van der Waals surface area contributed by atoms with Gasteiger partial charge in [0, 0.05) is 0 Å². The Morgan fingerprint density at radius 3 is 1.71 bits per heavy atom. The monoisotopic (exact) mass is 282 g/mol. The van der Waals surface area contributed by atoms with Crippen molar-refractivity contribution in [3.05, 3.63) is 48.6 Å². The van der Waals surface area contributed by atoms with Crippen LogP contribution in [-0.2, 0) is 11.0 Å². The Balaban J connectivity index is -0.0000000948. The third kappa shape index (κ3) is 27.3. The Labute approximate surface area is 168 Å². The molecule has 0 fully saturated rings. The number of rotatable bonds is 2. The second-order valence-corrected chi connectivity index (χ2v) is 3.32. The first kappa shape index (κ1) is 27.4. The summed E-state index contributed by atoms with van der Waals surface area (Å²) in [5.41, 5.74) is 1.33. The van der Waals surface area contributed by atoms with Crippen molar-refractivity contribution < 1.29 is 108 Å². The van der Waals surface area contributed by atoms with E-state index in [1.807, 2.05) is 24.3 Å². The molecule has 0 saturated carbocycles. The molecule has 0 bridgehead atoms. The molecule has 0 atom stereocenters. The molecule has 4 nitrogen and oxygen atoms in total. The molecular formula is C9H10Na3O4P. The zero-order valence-electron chi connectivity index (χ0n) is 10.5. The Morgan fingerprint density at radius 2 is 1.41 bits per heavy atom. The molecular weight excluding hydrogens is 272 g/mol. The van der Waals surface area contributed by atoms with Crippen molar-refractivity contribution in [3.8, 4) is 0 Å². The van der Waals surface area contributed by atoms with Gasteiger partial charge in [-0.05, 0) is 12.0 Å². The average molecular weight is 282 g/mol. The molecule has 0 heterocycles. The largest absolute Gasteiger partial charge is 1.00 e. The number of allylic oxidation sites excluding steroid dienone is 1. The molecule has 0 aliphatic heterocycles. The molecule has 8 heteroatoms. The standard InChI is InChI=1S/C9H10.3Na.H3O4P/c1-2-6-9-7-4-3-5-8-9;;;;1-5(2,3)4/h2-5,7-8H,1,6H2;;;;(H3,1,2,3,4)/q;3*+1;/p-3. The predicted molar refractivity (Wildman–Crippen MR) is 47.9 cm³/mol. The molecule has 17 heavy (non-hydrogen) atoms. The number of benzene rings is 1. The van der Waals surface area contributed by atoms with Gasteiger partial charge in [0.05, 0.1) is 0 Å². The van der Waals surface area contributed by atoms with Gasteiger partial charge in [0.1, 0.15) is 0 Å². The van der Waals surface area contributed by atoms with E-state index >= 15 is 0 Å². The van der Waals surface area contributed by atoms with Crippen LogP contribution >= 0.6 is 7.82 Å². The van der Waals surface area contributed by atoms with Gasteiger partial charge >= 0.3 is 88.7 Å². The van der Waals surface area contributed by atoms with Gasteiger partial charge in [0.25, 0.3) is 0 Å². The van der Waals surface area contributed by atoms with Crippen molar-refractivity contribution in [3.63, 3.8) is 0 Å². The van der Waals surface area contributed by atoms with E-state index in [4.69, 9.17) is 19.2 Å². The summed E-state index contributed by atoms with van der Waals surface area (Å²) >= 11 is 0. The summed E-state index contributed by atoms with van der Waals surface area (Å²) in [6, 6.07) is 10.3.